The Bertz CT molecular complexity index is 672. The smallest absolute Gasteiger partial charge is 0.360 e. The van der Waals surface area contributed by atoms with Crippen LogP contribution in [0.3, 0.4) is 0 Å². The summed E-state index contributed by atoms with van der Waals surface area (Å²) >= 11 is -1.44. The summed E-state index contributed by atoms with van der Waals surface area (Å²) in [6.07, 6.45) is 7.12. The van der Waals surface area contributed by atoms with Gasteiger partial charge in [0.25, 0.3) is 0 Å². The predicted molar refractivity (Wildman–Crippen MR) is 98.0 cm³/mol. The monoisotopic (exact) mass is 345 g/mol. The molecule has 5 heteroatoms. The minimum absolute atomic E-state index is 0.258. The van der Waals surface area contributed by atoms with E-state index in [1.165, 1.54) is 4.31 Å². The zero-order valence-corrected chi connectivity index (χ0v) is 15.3. The molecular weight excluding hydrogens is 322 g/mol. The molecule has 1 atom stereocenters. The molecule has 24 heavy (non-hydrogen) atoms. The molecule has 0 aromatic heterocycles. The molecule has 0 bridgehead atoms. The zero-order chi connectivity index (χ0) is 17.7. The number of esters is 1. The molecule has 0 saturated heterocycles. The van der Waals surface area contributed by atoms with Crippen molar-refractivity contribution >= 4 is 22.9 Å². The van der Waals surface area contributed by atoms with Crippen LogP contribution in [-0.2, 0) is 20.9 Å². The fourth-order valence-electron chi connectivity index (χ4n) is 2.24. The van der Waals surface area contributed by atoms with Gasteiger partial charge in [-0.15, -0.1) is 0 Å². The molecule has 1 aliphatic rings. The molecular formula is C19H23NO3S. The third-order valence-corrected chi connectivity index (χ3v) is 5.04. The lowest BCUT2D eigenvalue weighted by molar-refractivity contribution is -0.139. The van der Waals surface area contributed by atoms with E-state index in [-0.39, 0.29) is 6.61 Å². The van der Waals surface area contributed by atoms with E-state index in [0.717, 1.165) is 5.56 Å². The highest BCUT2D eigenvalue weighted by atomic mass is 32.2. The number of benzene rings is 1. The van der Waals surface area contributed by atoms with E-state index < -0.39 is 22.1 Å². The molecule has 1 aromatic rings. The lowest BCUT2D eigenvalue weighted by Gasteiger charge is -2.32. The first kappa shape index (κ1) is 18.4. The average Bonchev–Trinajstić information content (AvgIpc) is 2.77. The topological polar surface area (TPSA) is 52.6 Å². The summed E-state index contributed by atoms with van der Waals surface area (Å²) in [6.45, 7) is 7.64. The molecule has 1 aromatic carbocycles. The van der Waals surface area contributed by atoms with Crippen LogP contribution in [0.4, 0.5) is 0 Å². The van der Waals surface area contributed by atoms with Gasteiger partial charge in [-0.1, -0.05) is 42.5 Å². The minimum Gasteiger partial charge on any atom is -0.592 e. The molecule has 0 N–H and O–H groups in total. The van der Waals surface area contributed by atoms with Crippen molar-refractivity contribution in [3.8, 4) is 0 Å². The number of carbonyl (C=O) groups is 1. The van der Waals surface area contributed by atoms with Crippen molar-refractivity contribution < 1.29 is 14.1 Å². The van der Waals surface area contributed by atoms with Crippen molar-refractivity contribution in [1.29, 1.82) is 0 Å². The van der Waals surface area contributed by atoms with E-state index in [2.05, 4.69) is 0 Å². The van der Waals surface area contributed by atoms with Crippen molar-refractivity contribution in [2.24, 2.45) is 0 Å². The van der Waals surface area contributed by atoms with E-state index in [9.17, 15) is 9.35 Å². The largest absolute Gasteiger partial charge is 0.592 e. The maximum Gasteiger partial charge on any atom is 0.360 e. The lowest BCUT2D eigenvalue weighted by Crippen LogP contribution is -2.41. The molecule has 0 radical (unpaired) electrons. The second-order valence-corrected chi connectivity index (χ2v) is 8.35. The van der Waals surface area contributed by atoms with Crippen molar-refractivity contribution in [1.82, 2.24) is 4.31 Å². The minimum atomic E-state index is -1.44. The van der Waals surface area contributed by atoms with Gasteiger partial charge in [0, 0.05) is 5.57 Å². The molecule has 0 saturated carbocycles. The summed E-state index contributed by atoms with van der Waals surface area (Å²) < 4.78 is 19.2. The molecule has 0 spiro atoms. The Balaban J connectivity index is 2.63. The molecule has 128 valence electrons. The van der Waals surface area contributed by atoms with Crippen LogP contribution >= 0.6 is 0 Å². The van der Waals surface area contributed by atoms with Gasteiger partial charge in [-0.3, -0.25) is 0 Å². The standard InChI is InChI=1S/C19H23NO3S/c1-5-23-18(21)17-16(15-11-7-6-8-12-15)13-9-10-14-20(17)24(22)19(2,3)4/h6-14H,5H2,1-4H3/t24-/m1/s1. The van der Waals surface area contributed by atoms with Gasteiger partial charge in [-0.2, -0.15) is 4.31 Å². The van der Waals surface area contributed by atoms with Gasteiger partial charge >= 0.3 is 5.97 Å². The molecule has 1 heterocycles. The number of nitrogens with zero attached hydrogens (tertiary/aromatic N) is 1. The first-order valence-corrected chi connectivity index (χ1v) is 9.00. The Morgan fingerprint density at radius 1 is 1.21 bits per heavy atom. The van der Waals surface area contributed by atoms with E-state index in [4.69, 9.17) is 4.74 Å². The van der Waals surface area contributed by atoms with E-state index in [1.54, 1.807) is 19.2 Å². The van der Waals surface area contributed by atoms with Gasteiger partial charge in [0.1, 0.15) is 4.75 Å². The van der Waals surface area contributed by atoms with Crippen LogP contribution in [0.25, 0.3) is 5.57 Å². The van der Waals surface area contributed by atoms with Crippen LogP contribution in [-0.4, -0.2) is 26.2 Å². The van der Waals surface area contributed by atoms with Gasteiger partial charge in [0.2, 0.25) is 0 Å². The summed E-state index contributed by atoms with van der Waals surface area (Å²) in [5.74, 6) is -0.481. The highest BCUT2D eigenvalue weighted by molar-refractivity contribution is 7.90. The van der Waals surface area contributed by atoms with Crippen LogP contribution in [0, 0.1) is 0 Å². The number of ether oxygens (including phenoxy) is 1. The summed E-state index contributed by atoms with van der Waals surface area (Å²) in [6, 6.07) is 9.56. The Morgan fingerprint density at radius 3 is 2.46 bits per heavy atom. The lowest BCUT2D eigenvalue weighted by atomic mass is 10.0. The van der Waals surface area contributed by atoms with Crippen LogP contribution < -0.4 is 0 Å². The number of allylic oxidation sites excluding steroid dienone is 4. The Kier molecular flexibility index (Phi) is 5.91. The average molecular weight is 345 g/mol. The Hall–Kier alpha value is -1.98. The van der Waals surface area contributed by atoms with Crippen LogP contribution in [0.2, 0.25) is 0 Å². The maximum atomic E-state index is 13.0. The number of hydrogen-bond donors (Lipinski definition) is 0. The van der Waals surface area contributed by atoms with Crippen LogP contribution in [0.15, 0.2) is 60.5 Å². The molecule has 0 amide bonds. The second kappa shape index (κ2) is 7.73. The number of rotatable bonds is 4. The van der Waals surface area contributed by atoms with E-state index in [1.807, 2.05) is 63.3 Å². The third kappa shape index (κ3) is 4.10. The van der Waals surface area contributed by atoms with Crippen LogP contribution in [0.5, 0.6) is 0 Å². The summed E-state index contributed by atoms with van der Waals surface area (Å²) in [7, 11) is 0. The highest BCUT2D eigenvalue weighted by Gasteiger charge is 2.38. The zero-order valence-electron chi connectivity index (χ0n) is 14.5. The Morgan fingerprint density at radius 2 is 1.88 bits per heavy atom. The molecule has 0 aliphatic carbocycles. The molecule has 2 rings (SSSR count). The predicted octanol–water partition coefficient (Wildman–Crippen LogP) is 3.81. The quantitative estimate of drug-likeness (QED) is 0.615. The van der Waals surface area contributed by atoms with Gasteiger partial charge in [-0.25, -0.2) is 4.79 Å². The van der Waals surface area contributed by atoms with E-state index in [0.29, 0.717) is 11.3 Å². The Labute approximate surface area is 146 Å². The first-order chi connectivity index (χ1) is 11.4. The van der Waals surface area contributed by atoms with Gasteiger partial charge in [0.05, 0.1) is 24.2 Å². The maximum absolute atomic E-state index is 13.0. The van der Waals surface area contributed by atoms with Crippen molar-refractivity contribution in [3.63, 3.8) is 0 Å². The fourth-order valence-corrected chi connectivity index (χ4v) is 3.34. The molecule has 0 fully saturated rings. The fraction of sp³-hybridized carbons (Fsp3) is 0.316. The summed E-state index contributed by atoms with van der Waals surface area (Å²) in [5.41, 5.74) is 1.86. The van der Waals surface area contributed by atoms with Crippen molar-refractivity contribution in [2.45, 2.75) is 32.4 Å². The second-order valence-electron chi connectivity index (χ2n) is 6.24. The van der Waals surface area contributed by atoms with Crippen LogP contribution in [0.1, 0.15) is 33.3 Å². The SMILES string of the molecule is CCOC(=O)C1=C(c2ccccc2)C=CC=CN1[S@+]([O-])C(C)(C)C. The van der Waals surface area contributed by atoms with Gasteiger partial charge in [0.15, 0.2) is 5.70 Å². The van der Waals surface area contributed by atoms with Gasteiger partial charge in [-0.05, 0) is 39.3 Å². The first-order valence-electron chi connectivity index (χ1n) is 7.89. The van der Waals surface area contributed by atoms with Crippen molar-refractivity contribution in [3.05, 3.63) is 66.0 Å². The van der Waals surface area contributed by atoms with Gasteiger partial charge < -0.3 is 9.29 Å². The summed E-state index contributed by atoms with van der Waals surface area (Å²) in [4.78, 5) is 12.7. The number of hydrogen-bond acceptors (Lipinski definition) is 4. The third-order valence-electron chi connectivity index (χ3n) is 3.33. The highest BCUT2D eigenvalue weighted by Crippen LogP contribution is 2.32. The molecule has 4 nitrogen and oxygen atoms in total. The van der Waals surface area contributed by atoms with Crippen molar-refractivity contribution in [2.75, 3.05) is 6.61 Å². The summed E-state index contributed by atoms with van der Waals surface area (Å²) in [5, 5.41) is 0. The molecule has 1 aliphatic heterocycles. The molecule has 0 unspecified atom stereocenters. The number of carbonyl (C=O) groups excluding carboxylic acids is 1. The normalized spacial score (nSPS) is 16.1. The van der Waals surface area contributed by atoms with E-state index >= 15 is 0 Å².